The molecule has 0 N–H and O–H groups in total. The third kappa shape index (κ3) is 2.89. The molecule has 4 aromatic rings. The molecule has 0 saturated heterocycles. The van der Waals surface area contributed by atoms with Crippen molar-refractivity contribution in [2.45, 2.75) is 12.5 Å². The Balaban J connectivity index is 1.54. The highest BCUT2D eigenvalue weighted by molar-refractivity contribution is 5.81. The number of hydrogen-bond donors (Lipinski definition) is 0. The zero-order valence-corrected chi connectivity index (χ0v) is 14.9. The maximum Gasteiger partial charge on any atom is 0.120 e. The molecule has 2 heteroatoms. The van der Waals surface area contributed by atoms with Gasteiger partial charge in [0.1, 0.15) is 12.4 Å². The van der Waals surface area contributed by atoms with E-state index < -0.39 is 0 Å². The fourth-order valence-corrected chi connectivity index (χ4v) is 3.88. The van der Waals surface area contributed by atoms with Crippen LogP contribution in [0.3, 0.4) is 0 Å². The number of rotatable bonds is 4. The van der Waals surface area contributed by atoms with Crippen molar-refractivity contribution in [3.63, 3.8) is 0 Å². The van der Waals surface area contributed by atoms with Gasteiger partial charge in [-0.2, -0.15) is 0 Å². The van der Waals surface area contributed by atoms with E-state index in [9.17, 15) is 0 Å². The van der Waals surface area contributed by atoms with Crippen LogP contribution in [0.1, 0.15) is 28.3 Å². The second-order valence-electron chi connectivity index (χ2n) is 6.80. The first-order chi connectivity index (χ1) is 13.4. The highest BCUT2D eigenvalue weighted by atomic mass is 16.5. The number of nitrogens with zero attached hydrogens (tertiary/aromatic N) is 1. The topological polar surface area (TPSA) is 22.1 Å². The number of benzene rings is 3. The minimum atomic E-state index is 0.151. The minimum Gasteiger partial charge on any atom is -0.489 e. The van der Waals surface area contributed by atoms with Gasteiger partial charge in [0, 0.05) is 6.20 Å². The number of ether oxygens (including phenoxy) is 1. The van der Waals surface area contributed by atoms with Gasteiger partial charge < -0.3 is 4.74 Å². The lowest BCUT2D eigenvalue weighted by molar-refractivity contribution is 0.306. The Morgan fingerprint density at radius 3 is 2.33 bits per heavy atom. The summed E-state index contributed by atoms with van der Waals surface area (Å²) < 4.78 is 6.08. The largest absolute Gasteiger partial charge is 0.489 e. The summed E-state index contributed by atoms with van der Waals surface area (Å²) >= 11 is 0. The van der Waals surface area contributed by atoms with Crippen molar-refractivity contribution in [3.8, 4) is 16.9 Å². The summed E-state index contributed by atoms with van der Waals surface area (Å²) in [5, 5.41) is 0. The molecule has 0 saturated carbocycles. The van der Waals surface area contributed by atoms with Crippen molar-refractivity contribution >= 4 is 0 Å². The van der Waals surface area contributed by atoms with E-state index in [1.165, 1.54) is 27.8 Å². The monoisotopic (exact) mass is 349 g/mol. The van der Waals surface area contributed by atoms with Gasteiger partial charge in [0.25, 0.3) is 0 Å². The maximum absolute atomic E-state index is 6.08. The molecule has 130 valence electrons. The quantitative estimate of drug-likeness (QED) is 0.408. The zero-order chi connectivity index (χ0) is 18.1. The number of pyridine rings is 1. The number of hydrogen-bond acceptors (Lipinski definition) is 2. The third-order valence-electron chi connectivity index (χ3n) is 5.13. The third-order valence-corrected chi connectivity index (χ3v) is 5.13. The molecule has 3 aromatic carbocycles. The Hall–Kier alpha value is -3.39. The summed E-state index contributed by atoms with van der Waals surface area (Å²) in [6, 6.07) is 31.4. The van der Waals surface area contributed by atoms with Gasteiger partial charge in [-0.1, -0.05) is 66.7 Å². The average Bonchev–Trinajstić information content (AvgIpc) is 3.07. The molecule has 0 radical (unpaired) electrons. The van der Waals surface area contributed by atoms with Gasteiger partial charge in [0.15, 0.2) is 0 Å². The van der Waals surface area contributed by atoms with Crippen molar-refractivity contribution in [2.75, 3.05) is 0 Å². The van der Waals surface area contributed by atoms with Crippen LogP contribution in [0.5, 0.6) is 5.75 Å². The predicted molar refractivity (Wildman–Crippen MR) is 108 cm³/mol. The van der Waals surface area contributed by atoms with Crippen LogP contribution >= 0.6 is 0 Å². The molecule has 2 nitrogen and oxygen atoms in total. The Morgan fingerprint density at radius 1 is 0.704 bits per heavy atom. The van der Waals surface area contributed by atoms with Crippen LogP contribution in [0.25, 0.3) is 11.1 Å². The van der Waals surface area contributed by atoms with Crippen LogP contribution < -0.4 is 4.74 Å². The van der Waals surface area contributed by atoms with Crippen LogP contribution in [-0.2, 0) is 6.61 Å². The molecule has 1 heterocycles. The van der Waals surface area contributed by atoms with Gasteiger partial charge in [0.05, 0.1) is 11.6 Å². The van der Waals surface area contributed by atoms with Crippen LogP contribution in [0.4, 0.5) is 0 Å². The van der Waals surface area contributed by atoms with Crippen molar-refractivity contribution in [1.82, 2.24) is 4.98 Å². The molecule has 1 aliphatic rings. The highest BCUT2D eigenvalue weighted by Gasteiger charge is 2.30. The molecule has 0 fully saturated rings. The van der Waals surface area contributed by atoms with Gasteiger partial charge in [0.2, 0.25) is 0 Å². The van der Waals surface area contributed by atoms with E-state index in [0.717, 1.165) is 11.4 Å². The first kappa shape index (κ1) is 15.8. The van der Waals surface area contributed by atoms with Crippen LogP contribution in [0, 0.1) is 0 Å². The zero-order valence-electron chi connectivity index (χ0n) is 14.9. The minimum absolute atomic E-state index is 0.151. The summed E-state index contributed by atoms with van der Waals surface area (Å²) in [4.78, 5) is 4.64. The van der Waals surface area contributed by atoms with Crippen molar-refractivity contribution in [3.05, 3.63) is 120 Å². The van der Waals surface area contributed by atoms with Gasteiger partial charge in [-0.25, -0.2) is 0 Å². The fraction of sp³-hybridized carbons (Fsp3) is 0.0800. The Kier molecular flexibility index (Phi) is 3.95. The Morgan fingerprint density at radius 2 is 1.48 bits per heavy atom. The molecule has 1 aliphatic carbocycles. The predicted octanol–water partition coefficient (Wildman–Crippen LogP) is 5.82. The smallest absolute Gasteiger partial charge is 0.120 e. The molecular formula is C25H19NO. The molecule has 0 amide bonds. The molecule has 5 rings (SSSR count). The summed E-state index contributed by atoms with van der Waals surface area (Å²) in [6.45, 7) is 0.570. The van der Waals surface area contributed by atoms with E-state index in [1.54, 1.807) is 0 Å². The summed E-state index contributed by atoms with van der Waals surface area (Å²) in [6.07, 6.45) is 1.87. The molecular weight excluding hydrogens is 330 g/mol. The lowest BCUT2D eigenvalue weighted by atomic mass is 9.93. The van der Waals surface area contributed by atoms with Gasteiger partial charge in [-0.05, 0) is 52.1 Å². The second-order valence-corrected chi connectivity index (χ2v) is 6.80. The van der Waals surface area contributed by atoms with E-state index in [1.807, 2.05) is 30.5 Å². The number of fused-ring (bicyclic) bond motifs is 3. The summed E-state index contributed by atoms with van der Waals surface area (Å²) in [7, 11) is 0. The van der Waals surface area contributed by atoms with Crippen molar-refractivity contribution in [2.24, 2.45) is 0 Å². The van der Waals surface area contributed by atoms with E-state index in [0.29, 0.717) is 6.61 Å². The molecule has 0 aliphatic heterocycles. The molecule has 0 bridgehead atoms. The van der Waals surface area contributed by atoms with Crippen molar-refractivity contribution in [1.29, 1.82) is 0 Å². The molecule has 1 atom stereocenters. The van der Waals surface area contributed by atoms with Gasteiger partial charge in [-0.3, -0.25) is 4.98 Å². The second kappa shape index (κ2) is 6.73. The van der Waals surface area contributed by atoms with E-state index in [-0.39, 0.29) is 5.92 Å². The normalized spacial score (nSPS) is 14.4. The summed E-state index contributed by atoms with van der Waals surface area (Å²) in [5.74, 6) is 1.05. The molecule has 0 spiro atoms. The van der Waals surface area contributed by atoms with E-state index >= 15 is 0 Å². The molecule has 27 heavy (non-hydrogen) atoms. The van der Waals surface area contributed by atoms with Gasteiger partial charge in [-0.15, -0.1) is 0 Å². The maximum atomic E-state index is 6.08. The SMILES string of the molecule is c1ccc(COc2ccc3c(c2)C(c2ccccn2)c2ccccc2-3)cc1. The van der Waals surface area contributed by atoms with Crippen LogP contribution in [0.15, 0.2) is 97.2 Å². The standard InChI is InChI=1S/C25H19NO/c1-2-8-18(9-3-1)17-27-19-13-14-21-20-10-4-5-11-22(20)25(23(21)16-19)24-12-6-7-15-26-24/h1-16,25H,17H2. The first-order valence-corrected chi connectivity index (χ1v) is 9.21. The van der Waals surface area contributed by atoms with E-state index in [2.05, 4.69) is 71.7 Å². The van der Waals surface area contributed by atoms with E-state index in [4.69, 9.17) is 4.74 Å². The highest BCUT2D eigenvalue weighted by Crippen LogP contribution is 2.48. The lowest BCUT2D eigenvalue weighted by Crippen LogP contribution is -2.02. The van der Waals surface area contributed by atoms with Crippen LogP contribution in [-0.4, -0.2) is 4.98 Å². The number of aromatic nitrogens is 1. The average molecular weight is 349 g/mol. The Bertz CT molecular complexity index is 1070. The summed E-state index contributed by atoms with van der Waals surface area (Å²) in [5.41, 5.74) is 7.38. The Labute approximate surface area is 159 Å². The molecule has 1 unspecified atom stereocenters. The van der Waals surface area contributed by atoms with Crippen molar-refractivity contribution < 1.29 is 4.74 Å². The lowest BCUT2D eigenvalue weighted by Gasteiger charge is -2.14. The molecule has 1 aromatic heterocycles. The van der Waals surface area contributed by atoms with Crippen LogP contribution in [0.2, 0.25) is 0 Å². The fourth-order valence-electron chi connectivity index (χ4n) is 3.88. The first-order valence-electron chi connectivity index (χ1n) is 9.21. The van der Waals surface area contributed by atoms with Gasteiger partial charge >= 0.3 is 0 Å².